The van der Waals surface area contributed by atoms with Crippen molar-refractivity contribution in [2.75, 3.05) is 5.32 Å². The van der Waals surface area contributed by atoms with Gasteiger partial charge in [0.15, 0.2) is 0 Å². The standard InChI is InChI=1S/C13H8Cl3FN2O2/c14-8-4-9(15)13(10(16)5-8)18-6-7-2-1-3-11(12(7)17)19(20)21/h1-5,18H,6H2. The fraction of sp³-hybridized carbons (Fsp3) is 0.0769. The highest BCUT2D eigenvalue weighted by atomic mass is 35.5. The van der Waals surface area contributed by atoms with Crippen LogP contribution >= 0.6 is 34.8 Å². The van der Waals surface area contributed by atoms with Crippen molar-refractivity contribution >= 4 is 46.2 Å². The van der Waals surface area contributed by atoms with Gasteiger partial charge in [-0.05, 0) is 12.1 Å². The summed E-state index contributed by atoms with van der Waals surface area (Å²) >= 11 is 17.8. The average molecular weight is 350 g/mol. The zero-order valence-corrected chi connectivity index (χ0v) is 12.6. The molecule has 0 atom stereocenters. The molecule has 110 valence electrons. The highest BCUT2D eigenvalue weighted by Crippen LogP contribution is 2.34. The Morgan fingerprint density at radius 1 is 1.19 bits per heavy atom. The Labute approximate surface area is 134 Å². The summed E-state index contributed by atoms with van der Waals surface area (Å²) < 4.78 is 13.9. The number of hydrogen-bond donors (Lipinski definition) is 1. The van der Waals surface area contributed by atoms with E-state index < -0.39 is 16.4 Å². The largest absolute Gasteiger partial charge is 0.378 e. The maximum Gasteiger partial charge on any atom is 0.305 e. The third kappa shape index (κ3) is 3.56. The van der Waals surface area contributed by atoms with Gasteiger partial charge < -0.3 is 5.32 Å². The van der Waals surface area contributed by atoms with Crippen molar-refractivity contribution < 1.29 is 9.31 Å². The van der Waals surface area contributed by atoms with Crippen molar-refractivity contribution in [1.82, 2.24) is 0 Å². The Morgan fingerprint density at radius 2 is 1.81 bits per heavy atom. The molecule has 0 aliphatic rings. The molecule has 1 N–H and O–H groups in total. The summed E-state index contributed by atoms with van der Waals surface area (Å²) in [6.45, 7) is -0.00537. The fourth-order valence-corrected chi connectivity index (χ4v) is 2.69. The van der Waals surface area contributed by atoms with Gasteiger partial charge in [0.2, 0.25) is 5.82 Å². The number of hydrogen-bond acceptors (Lipinski definition) is 3. The van der Waals surface area contributed by atoms with Crippen molar-refractivity contribution in [3.63, 3.8) is 0 Å². The Balaban J connectivity index is 2.25. The highest BCUT2D eigenvalue weighted by molar-refractivity contribution is 6.41. The van der Waals surface area contributed by atoms with Gasteiger partial charge in [-0.1, -0.05) is 46.9 Å². The topological polar surface area (TPSA) is 55.2 Å². The van der Waals surface area contributed by atoms with E-state index in [-0.39, 0.29) is 22.2 Å². The van der Waals surface area contributed by atoms with Crippen molar-refractivity contribution in [3.8, 4) is 0 Å². The van der Waals surface area contributed by atoms with Crippen LogP contribution in [0.15, 0.2) is 30.3 Å². The lowest BCUT2D eigenvalue weighted by Gasteiger charge is -2.11. The smallest absolute Gasteiger partial charge is 0.305 e. The summed E-state index contributed by atoms with van der Waals surface area (Å²) in [5.74, 6) is -0.892. The fourth-order valence-electron chi connectivity index (χ4n) is 1.74. The summed E-state index contributed by atoms with van der Waals surface area (Å²) in [7, 11) is 0. The van der Waals surface area contributed by atoms with Gasteiger partial charge in [0.25, 0.3) is 0 Å². The van der Waals surface area contributed by atoms with Gasteiger partial charge in [-0.25, -0.2) is 0 Å². The molecule has 0 radical (unpaired) electrons. The van der Waals surface area contributed by atoms with Gasteiger partial charge in [0, 0.05) is 23.2 Å². The minimum absolute atomic E-state index is 0.00537. The first kappa shape index (κ1) is 15.8. The summed E-state index contributed by atoms with van der Waals surface area (Å²) in [6, 6.07) is 6.92. The van der Waals surface area contributed by atoms with Crippen LogP contribution in [0.25, 0.3) is 0 Å². The lowest BCUT2D eigenvalue weighted by molar-refractivity contribution is -0.387. The van der Waals surface area contributed by atoms with Crippen molar-refractivity contribution in [2.45, 2.75) is 6.54 Å². The predicted octanol–water partition coefficient (Wildman–Crippen LogP) is 5.31. The van der Waals surface area contributed by atoms with Crippen molar-refractivity contribution in [3.05, 3.63) is 66.9 Å². The van der Waals surface area contributed by atoms with Crippen LogP contribution < -0.4 is 5.32 Å². The van der Waals surface area contributed by atoms with Gasteiger partial charge in [0.05, 0.1) is 20.7 Å². The zero-order valence-electron chi connectivity index (χ0n) is 10.4. The molecule has 2 rings (SSSR count). The van der Waals surface area contributed by atoms with E-state index in [9.17, 15) is 14.5 Å². The first-order chi connectivity index (χ1) is 9.90. The predicted molar refractivity (Wildman–Crippen MR) is 81.9 cm³/mol. The molecule has 0 unspecified atom stereocenters. The van der Waals surface area contributed by atoms with Crippen LogP contribution in [-0.4, -0.2) is 4.92 Å². The molecule has 0 spiro atoms. The van der Waals surface area contributed by atoms with E-state index in [0.717, 1.165) is 6.07 Å². The first-order valence-corrected chi connectivity index (χ1v) is 6.83. The number of halogens is 4. The minimum atomic E-state index is -0.892. The first-order valence-electron chi connectivity index (χ1n) is 5.70. The second kappa shape index (κ2) is 6.47. The molecule has 0 aromatic heterocycles. The molecule has 2 aromatic rings. The Kier molecular flexibility index (Phi) is 4.88. The number of nitrogens with zero attached hydrogens (tertiary/aromatic N) is 1. The van der Waals surface area contributed by atoms with E-state index in [1.807, 2.05) is 0 Å². The molecule has 0 aliphatic carbocycles. The number of nitro benzene ring substituents is 1. The van der Waals surface area contributed by atoms with Gasteiger partial charge in [-0.2, -0.15) is 4.39 Å². The van der Waals surface area contributed by atoms with E-state index in [1.54, 1.807) is 0 Å². The molecule has 0 amide bonds. The van der Waals surface area contributed by atoms with Crippen LogP contribution in [0.1, 0.15) is 5.56 Å². The number of anilines is 1. The SMILES string of the molecule is O=[N+]([O-])c1cccc(CNc2c(Cl)cc(Cl)cc2Cl)c1F. The van der Waals surface area contributed by atoms with Crippen molar-refractivity contribution in [1.29, 1.82) is 0 Å². The number of benzene rings is 2. The Hall–Kier alpha value is -1.56. The van der Waals surface area contributed by atoms with E-state index in [0.29, 0.717) is 10.7 Å². The maximum atomic E-state index is 13.9. The Morgan fingerprint density at radius 3 is 2.38 bits per heavy atom. The van der Waals surface area contributed by atoms with Crippen LogP contribution in [0.2, 0.25) is 15.1 Å². The Bertz CT molecular complexity index is 687. The molecule has 8 heteroatoms. The van der Waals surface area contributed by atoms with Crippen LogP contribution in [0.5, 0.6) is 0 Å². The third-order valence-corrected chi connectivity index (χ3v) is 3.53. The van der Waals surface area contributed by atoms with Gasteiger partial charge in [0.1, 0.15) is 0 Å². The van der Waals surface area contributed by atoms with E-state index in [1.165, 1.54) is 24.3 Å². The summed E-state index contributed by atoms with van der Waals surface area (Å²) in [5, 5.41) is 14.5. The zero-order chi connectivity index (χ0) is 15.6. The van der Waals surface area contributed by atoms with Gasteiger partial charge in [-0.15, -0.1) is 0 Å². The van der Waals surface area contributed by atoms with Crippen LogP contribution in [0.4, 0.5) is 15.8 Å². The van der Waals surface area contributed by atoms with Crippen LogP contribution in [-0.2, 0) is 6.54 Å². The number of nitrogens with one attached hydrogen (secondary N) is 1. The minimum Gasteiger partial charge on any atom is -0.378 e. The molecule has 0 heterocycles. The van der Waals surface area contributed by atoms with Gasteiger partial charge in [-0.3, -0.25) is 10.1 Å². The lowest BCUT2D eigenvalue weighted by Crippen LogP contribution is -2.05. The quantitative estimate of drug-likeness (QED) is 0.601. The van der Waals surface area contributed by atoms with E-state index in [4.69, 9.17) is 34.8 Å². The van der Waals surface area contributed by atoms with Crippen LogP contribution in [0, 0.1) is 15.9 Å². The molecular weight excluding hydrogens is 342 g/mol. The molecule has 4 nitrogen and oxygen atoms in total. The summed E-state index contributed by atoms with van der Waals surface area (Å²) in [5.41, 5.74) is -0.0671. The molecule has 21 heavy (non-hydrogen) atoms. The molecular formula is C13H8Cl3FN2O2. The average Bonchev–Trinajstić information content (AvgIpc) is 2.38. The normalized spacial score (nSPS) is 10.5. The summed E-state index contributed by atoms with van der Waals surface area (Å²) in [6.07, 6.45) is 0. The molecule has 0 fully saturated rings. The van der Waals surface area contributed by atoms with E-state index in [2.05, 4.69) is 5.32 Å². The molecule has 0 saturated heterocycles. The van der Waals surface area contributed by atoms with E-state index >= 15 is 0 Å². The second-order valence-corrected chi connectivity index (χ2v) is 5.36. The number of nitro groups is 1. The highest BCUT2D eigenvalue weighted by Gasteiger charge is 2.17. The number of rotatable bonds is 4. The molecule has 0 aliphatic heterocycles. The maximum absolute atomic E-state index is 13.9. The molecule has 2 aromatic carbocycles. The molecule has 0 bridgehead atoms. The monoisotopic (exact) mass is 348 g/mol. The van der Waals surface area contributed by atoms with Gasteiger partial charge >= 0.3 is 5.69 Å². The second-order valence-electron chi connectivity index (χ2n) is 4.11. The molecule has 0 saturated carbocycles. The third-order valence-electron chi connectivity index (χ3n) is 2.72. The van der Waals surface area contributed by atoms with Crippen LogP contribution in [0.3, 0.4) is 0 Å². The summed E-state index contributed by atoms with van der Waals surface area (Å²) in [4.78, 5) is 9.91. The van der Waals surface area contributed by atoms with Crippen molar-refractivity contribution in [2.24, 2.45) is 0 Å². The lowest BCUT2D eigenvalue weighted by atomic mass is 10.2.